The molecule has 0 aliphatic carbocycles. The Hall–Kier alpha value is -3.06. The van der Waals surface area contributed by atoms with E-state index in [9.17, 15) is 13.2 Å². The summed E-state index contributed by atoms with van der Waals surface area (Å²) in [5.41, 5.74) is 2.02. The van der Waals surface area contributed by atoms with E-state index in [2.05, 4.69) is 4.72 Å². The number of aryl methyl sites for hydroxylation is 1. The predicted molar refractivity (Wildman–Crippen MR) is 93.1 cm³/mol. The molecule has 25 heavy (non-hydrogen) atoms. The molecule has 3 aromatic rings. The number of hydrogen-bond donors (Lipinski definition) is 2. The smallest absolute Gasteiger partial charge is 0.371 e. The van der Waals surface area contributed by atoms with Crippen LogP contribution in [-0.4, -0.2) is 19.5 Å². The van der Waals surface area contributed by atoms with Crippen LogP contribution in [0.3, 0.4) is 0 Å². The molecule has 0 bridgehead atoms. The summed E-state index contributed by atoms with van der Waals surface area (Å²) in [6.45, 7) is 1.88. The Labute approximate surface area is 144 Å². The number of rotatable bonds is 5. The van der Waals surface area contributed by atoms with Crippen LogP contribution in [0, 0.1) is 6.92 Å². The van der Waals surface area contributed by atoms with E-state index in [1.807, 2.05) is 6.92 Å². The number of carboxylic acid groups (broad SMARTS) is 1. The first kappa shape index (κ1) is 16.8. The van der Waals surface area contributed by atoms with Crippen LogP contribution in [0.15, 0.2) is 70.0 Å². The van der Waals surface area contributed by atoms with Crippen molar-refractivity contribution < 1.29 is 22.7 Å². The molecule has 0 spiro atoms. The minimum Gasteiger partial charge on any atom is -0.475 e. The molecule has 128 valence electrons. The van der Waals surface area contributed by atoms with Gasteiger partial charge in [0.25, 0.3) is 10.0 Å². The van der Waals surface area contributed by atoms with Gasteiger partial charge in [0.1, 0.15) is 5.76 Å². The standard InChI is InChI=1S/C18H15NO5S/c1-12-2-8-15(9-3-12)25(22,23)19-14-6-4-13(5-7-14)16-10-11-17(24-16)18(20)21/h2-11,19H,1H3,(H,20,21). The summed E-state index contributed by atoms with van der Waals surface area (Å²) in [7, 11) is -3.67. The van der Waals surface area contributed by atoms with Gasteiger partial charge in [0.05, 0.1) is 4.90 Å². The number of hydrogen-bond acceptors (Lipinski definition) is 4. The molecule has 0 saturated carbocycles. The molecule has 6 nitrogen and oxygen atoms in total. The molecule has 0 fully saturated rings. The maximum absolute atomic E-state index is 12.4. The summed E-state index contributed by atoms with van der Waals surface area (Å²) in [4.78, 5) is 11.0. The van der Waals surface area contributed by atoms with Crippen LogP contribution in [0.1, 0.15) is 16.1 Å². The first-order chi connectivity index (χ1) is 11.8. The molecule has 2 aromatic carbocycles. The van der Waals surface area contributed by atoms with Gasteiger partial charge in [0, 0.05) is 11.3 Å². The summed E-state index contributed by atoms with van der Waals surface area (Å²) < 4.78 is 32.4. The summed E-state index contributed by atoms with van der Waals surface area (Å²) in [5.74, 6) is -0.904. The SMILES string of the molecule is Cc1ccc(S(=O)(=O)Nc2ccc(-c3ccc(C(=O)O)o3)cc2)cc1. The maximum atomic E-state index is 12.4. The second kappa shape index (κ2) is 6.45. The third-order valence-corrected chi connectivity index (χ3v) is 4.97. The summed E-state index contributed by atoms with van der Waals surface area (Å²) in [5, 5.41) is 8.87. The van der Waals surface area contributed by atoms with Crippen LogP contribution in [-0.2, 0) is 10.0 Å². The number of aromatic carboxylic acids is 1. The molecule has 0 aliphatic heterocycles. The fourth-order valence-corrected chi connectivity index (χ4v) is 3.30. The Balaban J connectivity index is 1.80. The van der Waals surface area contributed by atoms with Gasteiger partial charge in [-0.25, -0.2) is 13.2 Å². The van der Waals surface area contributed by atoms with Crippen molar-refractivity contribution in [3.05, 3.63) is 72.0 Å². The van der Waals surface area contributed by atoms with E-state index in [4.69, 9.17) is 9.52 Å². The second-order valence-corrected chi connectivity index (χ2v) is 7.15. The van der Waals surface area contributed by atoms with E-state index < -0.39 is 16.0 Å². The summed E-state index contributed by atoms with van der Waals surface area (Å²) in [6.07, 6.45) is 0. The predicted octanol–water partition coefficient (Wildman–Crippen LogP) is 3.75. The fraction of sp³-hybridized carbons (Fsp3) is 0.0556. The molecule has 0 unspecified atom stereocenters. The maximum Gasteiger partial charge on any atom is 0.371 e. The van der Waals surface area contributed by atoms with Crippen molar-refractivity contribution in [1.82, 2.24) is 0 Å². The zero-order chi connectivity index (χ0) is 18.0. The van der Waals surface area contributed by atoms with Crippen LogP contribution in [0.5, 0.6) is 0 Å². The van der Waals surface area contributed by atoms with Gasteiger partial charge in [-0.1, -0.05) is 17.7 Å². The van der Waals surface area contributed by atoms with Crippen molar-refractivity contribution >= 4 is 21.7 Å². The van der Waals surface area contributed by atoms with E-state index in [1.54, 1.807) is 54.6 Å². The fourth-order valence-electron chi connectivity index (χ4n) is 2.24. The second-order valence-electron chi connectivity index (χ2n) is 5.46. The Bertz CT molecular complexity index is 1000. The van der Waals surface area contributed by atoms with Gasteiger partial charge in [-0.3, -0.25) is 4.72 Å². The Morgan fingerprint density at radius 1 is 0.960 bits per heavy atom. The van der Waals surface area contributed by atoms with E-state index in [1.165, 1.54) is 6.07 Å². The van der Waals surface area contributed by atoms with Gasteiger partial charge in [-0.05, 0) is 55.5 Å². The van der Waals surface area contributed by atoms with Crippen LogP contribution in [0.4, 0.5) is 5.69 Å². The first-order valence-corrected chi connectivity index (χ1v) is 8.86. The average molecular weight is 357 g/mol. The van der Waals surface area contributed by atoms with E-state index >= 15 is 0 Å². The van der Waals surface area contributed by atoms with Crippen LogP contribution in [0.2, 0.25) is 0 Å². The lowest BCUT2D eigenvalue weighted by atomic mass is 10.1. The third-order valence-electron chi connectivity index (χ3n) is 3.57. The largest absolute Gasteiger partial charge is 0.475 e. The van der Waals surface area contributed by atoms with Gasteiger partial charge < -0.3 is 9.52 Å². The minimum atomic E-state index is -3.67. The van der Waals surface area contributed by atoms with Crippen molar-refractivity contribution in [2.75, 3.05) is 4.72 Å². The summed E-state index contributed by atoms with van der Waals surface area (Å²) >= 11 is 0. The average Bonchev–Trinajstić information content (AvgIpc) is 3.06. The zero-order valence-electron chi connectivity index (χ0n) is 13.3. The van der Waals surface area contributed by atoms with Gasteiger partial charge in [0.15, 0.2) is 0 Å². The molecule has 0 atom stereocenters. The molecule has 0 aliphatic rings. The lowest BCUT2D eigenvalue weighted by Gasteiger charge is -2.08. The highest BCUT2D eigenvalue weighted by Gasteiger charge is 2.14. The van der Waals surface area contributed by atoms with Crippen LogP contribution < -0.4 is 4.72 Å². The lowest BCUT2D eigenvalue weighted by Crippen LogP contribution is -2.12. The molecule has 1 heterocycles. The third kappa shape index (κ3) is 3.72. The molecule has 0 amide bonds. The molecule has 1 aromatic heterocycles. The minimum absolute atomic E-state index is 0.154. The highest BCUT2D eigenvalue weighted by Crippen LogP contribution is 2.25. The molecule has 2 N–H and O–H groups in total. The van der Waals surface area contributed by atoms with Crippen molar-refractivity contribution in [1.29, 1.82) is 0 Å². The highest BCUT2D eigenvalue weighted by atomic mass is 32.2. The number of benzene rings is 2. The van der Waals surface area contributed by atoms with Gasteiger partial charge in [-0.15, -0.1) is 0 Å². The number of carboxylic acids is 1. The van der Waals surface area contributed by atoms with E-state index in [-0.39, 0.29) is 10.7 Å². The number of carbonyl (C=O) groups is 1. The lowest BCUT2D eigenvalue weighted by molar-refractivity contribution is 0.0663. The normalized spacial score (nSPS) is 11.2. The Morgan fingerprint density at radius 2 is 1.60 bits per heavy atom. The van der Waals surface area contributed by atoms with Crippen LogP contribution >= 0.6 is 0 Å². The molecule has 0 saturated heterocycles. The molecule has 0 radical (unpaired) electrons. The highest BCUT2D eigenvalue weighted by molar-refractivity contribution is 7.92. The zero-order valence-corrected chi connectivity index (χ0v) is 14.1. The first-order valence-electron chi connectivity index (χ1n) is 7.38. The molecule has 7 heteroatoms. The van der Waals surface area contributed by atoms with E-state index in [0.29, 0.717) is 17.0 Å². The van der Waals surface area contributed by atoms with Crippen molar-refractivity contribution in [3.63, 3.8) is 0 Å². The van der Waals surface area contributed by atoms with Gasteiger partial charge in [0.2, 0.25) is 5.76 Å². The van der Waals surface area contributed by atoms with Crippen molar-refractivity contribution in [2.24, 2.45) is 0 Å². The van der Waals surface area contributed by atoms with Crippen LogP contribution in [0.25, 0.3) is 11.3 Å². The topological polar surface area (TPSA) is 96.6 Å². The monoisotopic (exact) mass is 357 g/mol. The Kier molecular flexibility index (Phi) is 4.33. The number of anilines is 1. The number of furan rings is 1. The van der Waals surface area contributed by atoms with Crippen molar-refractivity contribution in [3.8, 4) is 11.3 Å². The van der Waals surface area contributed by atoms with Gasteiger partial charge in [-0.2, -0.15) is 0 Å². The molecular weight excluding hydrogens is 342 g/mol. The van der Waals surface area contributed by atoms with E-state index in [0.717, 1.165) is 5.56 Å². The Morgan fingerprint density at radius 3 is 2.16 bits per heavy atom. The van der Waals surface area contributed by atoms with Gasteiger partial charge >= 0.3 is 5.97 Å². The quantitative estimate of drug-likeness (QED) is 0.725. The summed E-state index contributed by atoms with van der Waals surface area (Å²) in [6, 6.07) is 15.9. The number of nitrogens with one attached hydrogen (secondary N) is 1. The van der Waals surface area contributed by atoms with Crippen molar-refractivity contribution in [2.45, 2.75) is 11.8 Å². The molecular formula is C18H15NO5S. The number of sulfonamides is 1. The molecule has 3 rings (SSSR count).